The van der Waals surface area contributed by atoms with Gasteiger partial charge in [-0.1, -0.05) is 30.3 Å². The lowest BCUT2D eigenvalue weighted by Crippen LogP contribution is -2.37. The van der Waals surface area contributed by atoms with Crippen molar-refractivity contribution in [2.24, 2.45) is 0 Å². The van der Waals surface area contributed by atoms with Gasteiger partial charge in [-0.15, -0.1) is 0 Å². The smallest absolute Gasteiger partial charge is 0.266 e. The first-order valence-electron chi connectivity index (χ1n) is 6.89. The summed E-state index contributed by atoms with van der Waals surface area (Å²) in [5, 5.41) is 20.6. The maximum absolute atomic E-state index is 12.4. The molecule has 0 aliphatic carbocycles. The monoisotopic (exact) mass is 287 g/mol. The Morgan fingerprint density at radius 1 is 1.43 bits per heavy atom. The standard InChI is InChI=1S/C16H21N3O2/c1-13(2)19(12-14-6-4-3-5-7-14)16(21)15(10-17)11-18-8-9-20/h3-7,11,13,18,20H,8-9,12H2,1-2H3/b15-11-. The molecule has 0 radical (unpaired) electrons. The van der Waals surface area contributed by atoms with Crippen molar-refractivity contribution in [2.45, 2.75) is 26.4 Å². The van der Waals surface area contributed by atoms with Crippen molar-refractivity contribution in [3.63, 3.8) is 0 Å². The van der Waals surface area contributed by atoms with E-state index >= 15 is 0 Å². The van der Waals surface area contributed by atoms with Gasteiger partial charge >= 0.3 is 0 Å². The summed E-state index contributed by atoms with van der Waals surface area (Å²) >= 11 is 0. The minimum atomic E-state index is -0.318. The van der Waals surface area contributed by atoms with Crippen molar-refractivity contribution in [2.75, 3.05) is 13.2 Å². The van der Waals surface area contributed by atoms with E-state index in [9.17, 15) is 4.79 Å². The second kappa shape index (κ2) is 8.77. The zero-order chi connectivity index (χ0) is 15.7. The number of hydrogen-bond donors (Lipinski definition) is 2. The van der Waals surface area contributed by atoms with Crippen LogP contribution in [0.25, 0.3) is 0 Å². The summed E-state index contributed by atoms with van der Waals surface area (Å²) in [6.45, 7) is 4.53. The molecule has 0 saturated heterocycles. The van der Waals surface area contributed by atoms with Gasteiger partial charge in [-0.05, 0) is 19.4 Å². The third-order valence-electron chi connectivity index (χ3n) is 2.93. The zero-order valence-electron chi connectivity index (χ0n) is 12.4. The molecule has 0 atom stereocenters. The van der Waals surface area contributed by atoms with Gasteiger partial charge in [0.2, 0.25) is 0 Å². The van der Waals surface area contributed by atoms with E-state index in [1.54, 1.807) is 4.90 Å². The zero-order valence-corrected chi connectivity index (χ0v) is 12.4. The predicted molar refractivity (Wildman–Crippen MR) is 80.9 cm³/mol. The number of rotatable bonds is 7. The number of aliphatic hydroxyl groups is 1. The number of nitrogens with zero attached hydrogens (tertiary/aromatic N) is 2. The number of hydrogen-bond acceptors (Lipinski definition) is 4. The van der Waals surface area contributed by atoms with E-state index in [0.717, 1.165) is 5.56 Å². The van der Waals surface area contributed by atoms with E-state index in [1.807, 2.05) is 50.2 Å². The molecule has 0 spiro atoms. The summed E-state index contributed by atoms with van der Waals surface area (Å²) in [6, 6.07) is 11.5. The number of benzene rings is 1. The Kier molecular flexibility index (Phi) is 6.99. The van der Waals surface area contributed by atoms with Gasteiger partial charge in [-0.25, -0.2) is 0 Å². The van der Waals surface area contributed by atoms with Gasteiger partial charge in [0.1, 0.15) is 11.6 Å². The highest BCUT2D eigenvalue weighted by atomic mass is 16.3. The summed E-state index contributed by atoms with van der Waals surface area (Å²) in [4.78, 5) is 14.1. The molecule has 0 heterocycles. The van der Waals surface area contributed by atoms with Crippen LogP contribution in [0, 0.1) is 11.3 Å². The third kappa shape index (κ3) is 5.28. The molecule has 0 unspecified atom stereocenters. The van der Waals surface area contributed by atoms with Gasteiger partial charge in [-0.3, -0.25) is 4.79 Å². The molecule has 0 aliphatic heterocycles. The molecule has 1 aromatic carbocycles. The quantitative estimate of drug-likeness (QED) is 0.452. The summed E-state index contributed by atoms with van der Waals surface area (Å²) in [5.41, 5.74) is 1.05. The van der Waals surface area contributed by atoms with E-state index < -0.39 is 0 Å². The van der Waals surface area contributed by atoms with E-state index in [1.165, 1.54) is 6.20 Å². The van der Waals surface area contributed by atoms with E-state index in [4.69, 9.17) is 10.4 Å². The van der Waals surface area contributed by atoms with Gasteiger partial charge in [-0.2, -0.15) is 5.26 Å². The lowest BCUT2D eigenvalue weighted by molar-refractivity contribution is -0.129. The van der Waals surface area contributed by atoms with Crippen molar-refractivity contribution in [3.8, 4) is 6.07 Å². The Morgan fingerprint density at radius 3 is 2.62 bits per heavy atom. The third-order valence-corrected chi connectivity index (χ3v) is 2.93. The highest BCUT2D eigenvalue weighted by molar-refractivity contribution is 5.97. The fourth-order valence-corrected chi connectivity index (χ4v) is 1.80. The van der Waals surface area contributed by atoms with Gasteiger partial charge in [0.05, 0.1) is 6.61 Å². The van der Waals surface area contributed by atoms with Crippen LogP contribution in [0.15, 0.2) is 42.1 Å². The molecule has 0 aromatic heterocycles. The fraction of sp³-hybridized carbons (Fsp3) is 0.375. The van der Waals surface area contributed by atoms with Crippen LogP contribution < -0.4 is 5.32 Å². The lowest BCUT2D eigenvalue weighted by atomic mass is 10.1. The highest BCUT2D eigenvalue weighted by Crippen LogP contribution is 2.11. The average molecular weight is 287 g/mol. The van der Waals surface area contributed by atoms with Gasteiger partial charge < -0.3 is 15.3 Å². The van der Waals surface area contributed by atoms with Crippen LogP contribution in [0.5, 0.6) is 0 Å². The lowest BCUT2D eigenvalue weighted by Gasteiger charge is -2.26. The SMILES string of the molecule is CC(C)N(Cc1ccccc1)C(=O)/C(C#N)=C\NCCO. The second-order valence-electron chi connectivity index (χ2n) is 4.86. The van der Waals surface area contributed by atoms with Crippen LogP contribution in [-0.2, 0) is 11.3 Å². The first-order valence-corrected chi connectivity index (χ1v) is 6.89. The summed E-state index contributed by atoms with van der Waals surface area (Å²) in [5.74, 6) is -0.318. The molecule has 5 heteroatoms. The van der Waals surface area contributed by atoms with Crippen LogP contribution in [0.2, 0.25) is 0 Å². The highest BCUT2D eigenvalue weighted by Gasteiger charge is 2.21. The number of nitriles is 1. The van der Waals surface area contributed by atoms with Crippen LogP contribution in [0.4, 0.5) is 0 Å². The Hall–Kier alpha value is -2.32. The van der Waals surface area contributed by atoms with Crippen LogP contribution in [0.3, 0.4) is 0 Å². The Balaban J connectivity index is 2.86. The first-order chi connectivity index (χ1) is 10.1. The van der Waals surface area contributed by atoms with Gasteiger partial charge in [0.15, 0.2) is 0 Å². The molecular weight excluding hydrogens is 266 g/mol. The molecule has 2 N–H and O–H groups in total. The molecule has 0 fully saturated rings. The maximum atomic E-state index is 12.4. The average Bonchev–Trinajstić information content (AvgIpc) is 2.49. The number of amides is 1. The largest absolute Gasteiger partial charge is 0.395 e. The fourth-order valence-electron chi connectivity index (χ4n) is 1.80. The Bertz CT molecular complexity index is 518. The molecule has 21 heavy (non-hydrogen) atoms. The number of carbonyl (C=O) groups is 1. The van der Waals surface area contributed by atoms with Crippen molar-refractivity contribution in [3.05, 3.63) is 47.7 Å². The normalized spacial score (nSPS) is 11.1. The van der Waals surface area contributed by atoms with Crippen LogP contribution >= 0.6 is 0 Å². The second-order valence-corrected chi connectivity index (χ2v) is 4.86. The molecule has 1 amide bonds. The van der Waals surface area contributed by atoms with E-state index in [-0.39, 0.29) is 24.1 Å². The molecule has 1 aromatic rings. The molecular formula is C16H21N3O2. The van der Waals surface area contributed by atoms with Crippen LogP contribution in [0.1, 0.15) is 19.4 Å². The summed E-state index contributed by atoms with van der Waals surface area (Å²) in [6.07, 6.45) is 1.36. The summed E-state index contributed by atoms with van der Waals surface area (Å²) < 4.78 is 0. The number of carbonyl (C=O) groups excluding carboxylic acids is 1. The minimum absolute atomic E-state index is 0.0210. The molecule has 0 bridgehead atoms. The molecule has 1 rings (SSSR count). The number of nitrogens with one attached hydrogen (secondary N) is 1. The Morgan fingerprint density at radius 2 is 2.10 bits per heavy atom. The maximum Gasteiger partial charge on any atom is 0.266 e. The molecule has 5 nitrogen and oxygen atoms in total. The Labute approximate surface area is 125 Å². The van der Waals surface area contributed by atoms with Crippen molar-refractivity contribution in [1.82, 2.24) is 10.2 Å². The van der Waals surface area contributed by atoms with Gasteiger partial charge in [0, 0.05) is 25.3 Å². The van der Waals surface area contributed by atoms with Crippen LogP contribution in [-0.4, -0.2) is 35.1 Å². The molecule has 0 aliphatic rings. The molecule has 0 saturated carbocycles. The minimum Gasteiger partial charge on any atom is -0.395 e. The van der Waals surface area contributed by atoms with Gasteiger partial charge in [0.25, 0.3) is 5.91 Å². The van der Waals surface area contributed by atoms with Crippen molar-refractivity contribution in [1.29, 1.82) is 5.26 Å². The predicted octanol–water partition coefficient (Wildman–Crippen LogP) is 1.41. The molecule has 112 valence electrons. The topological polar surface area (TPSA) is 76.4 Å². The van der Waals surface area contributed by atoms with Crippen molar-refractivity contribution < 1.29 is 9.90 Å². The summed E-state index contributed by atoms with van der Waals surface area (Å²) in [7, 11) is 0. The van der Waals surface area contributed by atoms with E-state index in [0.29, 0.717) is 13.1 Å². The van der Waals surface area contributed by atoms with E-state index in [2.05, 4.69) is 5.32 Å². The number of aliphatic hydroxyl groups excluding tert-OH is 1. The van der Waals surface area contributed by atoms with Crippen molar-refractivity contribution >= 4 is 5.91 Å². The first kappa shape index (κ1) is 16.7.